The molecule has 0 radical (unpaired) electrons. The van der Waals surface area contributed by atoms with Gasteiger partial charge in [0.05, 0.1) is 29.4 Å². The average molecular weight is 814 g/mol. The van der Waals surface area contributed by atoms with Crippen molar-refractivity contribution in [3.8, 4) is 5.75 Å². The Morgan fingerprint density at radius 1 is 0.949 bits per heavy atom. The highest BCUT2D eigenvalue weighted by Crippen LogP contribution is 2.39. The minimum absolute atomic E-state index is 0.0380. The first-order valence-corrected chi connectivity index (χ1v) is 20.4. The summed E-state index contributed by atoms with van der Waals surface area (Å²) < 4.78 is 46.9. The molecule has 2 unspecified atom stereocenters. The van der Waals surface area contributed by atoms with Gasteiger partial charge in [0, 0.05) is 81.1 Å². The minimum atomic E-state index is -4.52. The van der Waals surface area contributed by atoms with Crippen molar-refractivity contribution in [3.05, 3.63) is 76.6 Å². The Bertz CT molecular complexity index is 2270. The van der Waals surface area contributed by atoms with Gasteiger partial charge >= 0.3 is 6.18 Å². The normalized spacial score (nSPS) is 19.9. The van der Waals surface area contributed by atoms with E-state index in [-0.39, 0.29) is 23.9 Å². The number of piperazine rings is 1. The molecule has 5 heterocycles. The van der Waals surface area contributed by atoms with Crippen LogP contribution in [0.25, 0.3) is 10.9 Å². The van der Waals surface area contributed by atoms with Crippen LogP contribution in [0.5, 0.6) is 5.75 Å². The lowest BCUT2D eigenvalue weighted by atomic mass is 9.95. The van der Waals surface area contributed by atoms with Gasteiger partial charge in [-0.3, -0.25) is 24.6 Å². The molecular formula is C43H50F3N9O4. The van der Waals surface area contributed by atoms with Crippen LogP contribution in [0.15, 0.2) is 48.5 Å². The van der Waals surface area contributed by atoms with Crippen LogP contribution in [0.3, 0.4) is 0 Å². The van der Waals surface area contributed by atoms with Crippen LogP contribution < -0.4 is 30.9 Å². The van der Waals surface area contributed by atoms with Gasteiger partial charge in [0.1, 0.15) is 23.4 Å². The molecule has 0 saturated carbocycles. The molecule has 1 aromatic heterocycles. The lowest BCUT2D eigenvalue weighted by Gasteiger charge is -2.40. The monoisotopic (exact) mass is 813 g/mol. The summed E-state index contributed by atoms with van der Waals surface area (Å²) in [5.74, 6) is 1.45. The van der Waals surface area contributed by atoms with E-state index < -0.39 is 29.7 Å². The molecule has 0 spiro atoms. The van der Waals surface area contributed by atoms with E-state index in [1.807, 2.05) is 31.2 Å². The Morgan fingerprint density at radius 2 is 1.71 bits per heavy atom. The van der Waals surface area contributed by atoms with Gasteiger partial charge in [-0.2, -0.15) is 13.2 Å². The Hall–Kier alpha value is -5.64. The van der Waals surface area contributed by atoms with Crippen molar-refractivity contribution >= 4 is 51.5 Å². The van der Waals surface area contributed by atoms with E-state index in [9.17, 15) is 27.6 Å². The molecule has 312 valence electrons. The molecule has 4 N–H and O–H groups in total. The number of aromatic nitrogens is 2. The van der Waals surface area contributed by atoms with Crippen molar-refractivity contribution in [2.45, 2.75) is 71.3 Å². The molecular weight excluding hydrogens is 764 g/mol. The molecule has 0 aliphatic carbocycles. The fourth-order valence-corrected chi connectivity index (χ4v) is 8.94. The predicted molar refractivity (Wildman–Crippen MR) is 219 cm³/mol. The van der Waals surface area contributed by atoms with Crippen molar-refractivity contribution in [2.75, 3.05) is 73.3 Å². The fraction of sp³-hybridized carbons (Fsp3) is 0.465. The second-order valence-electron chi connectivity index (χ2n) is 16.1. The highest BCUT2D eigenvalue weighted by Gasteiger charge is 2.39. The topological polar surface area (TPSA) is 149 Å². The number of nitrogen functional groups attached to an aromatic ring is 1. The molecule has 3 aromatic carbocycles. The number of ether oxygens (including phenoxy) is 1. The standard InChI is InChI=1S/C43H50F3N9O4/c1-4-59-38-21-34-35(49-26(3)50-40(34)48-25(2)28-17-30(43(44,45)46)20-31(47)18-28)22-37(38)54-15-13-52(14-16-54)23-27-9-11-53(12-10-27)32-5-6-33-29(19-32)24-55(42(33)58)36-7-8-39(56)51-41(36)57/h5-6,17-22,25,27,36H,4,7-16,23-24,47H2,1-3H3,(H,48,49,50)(H,51,56,57). The summed E-state index contributed by atoms with van der Waals surface area (Å²) in [6.07, 6.45) is -1.81. The number of nitrogens with two attached hydrogens (primary N) is 1. The first kappa shape index (κ1) is 40.2. The Balaban J connectivity index is 0.881. The number of aryl methyl sites for hydroxylation is 1. The van der Waals surface area contributed by atoms with Crippen molar-refractivity contribution in [1.29, 1.82) is 0 Å². The zero-order valence-electron chi connectivity index (χ0n) is 33.6. The van der Waals surface area contributed by atoms with Crippen LogP contribution in [0, 0.1) is 12.8 Å². The van der Waals surface area contributed by atoms with E-state index in [2.05, 4.69) is 36.4 Å². The van der Waals surface area contributed by atoms with Gasteiger partial charge in [0.25, 0.3) is 5.91 Å². The summed E-state index contributed by atoms with van der Waals surface area (Å²) in [6.45, 7) is 12.6. The van der Waals surface area contributed by atoms with E-state index >= 15 is 0 Å². The first-order chi connectivity index (χ1) is 28.2. The fourth-order valence-electron chi connectivity index (χ4n) is 8.94. The summed E-state index contributed by atoms with van der Waals surface area (Å²) in [5.41, 5.74) is 9.80. The highest BCUT2D eigenvalue weighted by atomic mass is 19.4. The molecule has 16 heteroatoms. The number of hydrogen-bond acceptors (Lipinski definition) is 11. The number of carbonyl (C=O) groups is 3. The van der Waals surface area contributed by atoms with Crippen LogP contribution in [0.2, 0.25) is 0 Å². The molecule has 4 aromatic rings. The van der Waals surface area contributed by atoms with E-state index in [1.165, 1.54) is 6.07 Å². The number of nitrogens with zero attached hydrogens (tertiary/aromatic N) is 6. The Morgan fingerprint density at radius 3 is 2.42 bits per heavy atom. The third kappa shape index (κ3) is 8.45. The molecule has 59 heavy (non-hydrogen) atoms. The molecule has 13 nitrogen and oxygen atoms in total. The molecule has 3 fully saturated rings. The van der Waals surface area contributed by atoms with Crippen molar-refractivity contribution in [2.24, 2.45) is 5.92 Å². The molecule has 0 bridgehead atoms. The third-order valence-corrected chi connectivity index (χ3v) is 12.1. The zero-order chi connectivity index (χ0) is 41.6. The van der Waals surface area contributed by atoms with Crippen LogP contribution >= 0.6 is 0 Å². The number of hydrogen-bond donors (Lipinski definition) is 3. The summed E-state index contributed by atoms with van der Waals surface area (Å²) in [7, 11) is 0. The molecule has 3 saturated heterocycles. The minimum Gasteiger partial charge on any atom is -0.492 e. The number of nitrogens with one attached hydrogen (secondary N) is 2. The number of benzene rings is 3. The van der Waals surface area contributed by atoms with Crippen molar-refractivity contribution < 1.29 is 32.3 Å². The number of carbonyl (C=O) groups excluding carboxylic acids is 3. The smallest absolute Gasteiger partial charge is 0.416 e. The number of piperidine rings is 2. The Labute approximate surface area is 341 Å². The van der Waals surface area contributed by atoms with E-state index in [0.717, 1.165) is 87.7 Å². The van der Waals surface area contributed by atoms with E-state index in [0.29, 0.717) is 64.9 Å². The van der Waals surface area contributed by atoms with Gasteiger partial charge in [-0.15, -0.1) is 0 Å². The number of anilines is 4. The molecule has 4 aliphatic rings. The maximum atomic E-state index is 13.6. The number of amides is 3. The van der Waals surface area contributed by atoms with Gasteiger partial charge in [-0.1, -0.05) is 0 Å². The second-order valence-corrected chi connectivity index (χ2v) is 16.1. The van der Waals surface area contributed by atoms with Crippen LogP contribution in [0.4, 0.5) is 36.1 Å². The van der Waals surface area contributed by atoms with Crippen LogP contribution in [-0.2, 0) is 22.3 Å². The largest absolute Gasteiger partial charge is 0.492 e. The summed E-state index contributed by atoms with van der Waals surface area (Å²) in [5, 5.41) is 6.39. The van der Waals surface area contributed by atoms with Crippen molar-refractivity contribution in [3.63, 3.8) is 0 Å². The molecule has 2 atom stereocenters. The third-order valence-electron chi connectivity index (χ3n) is 12.1. The summed E-state index contributed by atoms with van der Waals surface area (Å²) >= 11 is 0. The van der Waals surface area contributed by atoms with Crippen LogP contribution in [0.1, 0.15) is 78.4 Å². The highest BCUT2D eigenvalue weighted by molar-refractivity contribution is 6.05. The van der Waals surface area contributed by atoms with Gasteiger partial charge in [-0.25, -0.2) is 9.97 Å². The molecule has 8 rings (SSSR count). The maximum Gasteiger partial charge on any atom is 0.416 e. The number of rotatable bonds is 10. The summed E-state index contributed by atoms with van der Waals surface area (Å²) in [6, 6.07) is 12.4. The average Bonchev–Trinajstić information content (AvgIpc) is 3.52. The zero-order valence-corrected chi connectivity index (χ0v) is 33.6. The van der Waals surface area contributed by atoms with Gasteiger partial charge in [0.2, 0.25) is 11.8 Å². The number of fused-ring (bicyclic) bond motifs is 2. The predicted octanol–water partition coefficient (Wildman–Crippen LogP) is 5.91. The van der Waals surface area contributed by atoms with Gasteiger partial charge in [0.15, 0.2) is 0 Å². The van der Waals surface area contributed by atoms with Gasteiger partial charge < -0.3 is 30.5 Å². The van der Waals surface area contributed by atoms with Crippen molar-refractivity contribution in [1.82, 2.24) is 25.1 Å². The Kier molecular flexibility index (Phi) is 11.0. The SMILES string of the molecule is CCOc1cc2c(NC(C)c3cc(N)cc(C(F)(F)F)c3)nc(C)nc2cc1N1CCN(CC2CCN(c3ccc4c(c3)CN(C3CCC(=O)NC3=O)C4=O)CC2)CC1. The second kappa shape index (κ2) is 16.2. The quantitative estimate of drug-likeness (QED) is 0.130. The first-order valence-electron chi connectivity index (χ1n) is 20.4. The number of halogens is 3. The lowest BCUT2D eigenvalue weighted by molar-refractivity contribution is -0.138. The van der Waals surface area contributed by atoms with E-state index in [4.69, 9.17) is 15.5 Å². The number of alkyl halides is 3. The van der Waals surface area contributed by atoms with Crippen LogP contribution in [-0.4, -0.2) is 96.0 Å². The lowest BCUT2D eigenvalue weighted by Crippen LogP contribution is -2.52. The summed E-state index contributed by atoms with van der Waals surface area (Å²) in [4.78, 5) is 55.5. The maximum absolute atomic E-state index is 13.6. The molecule has 4 aliphatic heterocycles. The van der Waals surface area contributed by atoms with Gasteiger partial charge in [-0.05, 0) is 106 Å². The molecule has 3 amide bonds. The number of imide groups is 1. The van der Waals surface area contributed by atoms with E-state index in [1.54, 1.807) is 18.7 Å².